The topological polar surface area (TPSA) is 50.1 Å². The van der Waals surface area contributed by atoms with Crippen molar-refractivity contribution in [2.75, 3.05) is 7.11 Å². The van der Waals surface area contributed by atoms with Crippen LogP contribution >= 0.6 is 0 Å². The Morgan fingerprint density at radius 1 is 1.41 bits per heavy atom. The molecule has 7 heteroatoms. The molecule has 0 heterocycles. The quantitative estimate of drug-likeness (QED) is 0.566. The summed E-state index contributed by atoms with van der Waals surface area (Å²) in [4.78, 5) is 11.1. The third-order valence-electron chi connectivity index (χ3n) is 1.92. The molecule has 0 N–H and O–H groups in total. The number of nitrogens with zero attached hydrogens (tertiary/aromatic N) is 1. The van der Waals surface area contributed by atoms with E-state index in [-0.39, 0.29) is 0 Å². The predicted octanol–water partition coefficient (Wildman–Crippen LogP) is 2.50. The zero-order chi connectivity index (χ0) is 13.2. The summed E-state index contributed by atoms with van der Waals surface area (Å²) in [5.41, 5.74) is -3.06. The number of halogens is 4. The van der Waals surface area contributed by atoms with E-state index in [1.807, 2.05) is 0 Å². The van der Waals surface area contributed by atoms with Gasteiger partial charge in [0.1, 0.15) is 6.07 Å². The first-order chi connectivity index (χ1) is 7.81. The number of methoxy groups -OCH3 is 1. The summed E-state index contributed by atoms with van der Waals surface area (Å²) in [7, 11) is 0.963. The maximum absolute atomic E-state index is 13.2. The lowest BCUT2D eigenvalue weighted by molar-refractivity contribution is -0.140. The van der Waals surface area contributed by atoms with E-state index < -0.39 is 34.7 Å². The molecule has 0 fully saturated rings. The lowest BCUT2D eigenvalue weighted by Crippen LogP contribution is -2.12. The molecule has 1 aromatic rings. The smallest absolute Gasteiger partial charge is 0.419 e. The number of carbonyl (C=O) groups excluding carboxylic acids is 1. The van der Waals surface area contributed by atoms with Crippen molar-refractivity contribution in [2.24, 2.45) is 0 Å². The molecule has 0 aliphatic carbocycles. The summed E-state index contributed by atoms with van der Waals surface area (Å²) in [6.07, 6.45) is -4.99. The third-order valence-corrected chi connectivity index (χ3v) is 1.92. The highest BCUT2D eigenvalue weighted by molar-refractivity contribution is 5.90. The number of nitriles is 1. The van der Waals surface area contributed by atoms with Gasteiger partial charge in [-0.2, -0.15) is 18.4 Å². The Balaban J connectivity index is 3.51. The first-order valence-corrected chi connectivity index (χ1v) is 4.20. The monoisotopic (exact) mass is 247 g/mol. The van der Waals surface area contributed by atoms with Gasteiger partial charge in [0.25, 0.3) is 0 Å². The fourth-order valence-corrected chi connectivity index (χ4v) is 1.15. The highest BCUT2D eigenvalue weighted by Crippen LogP contribution is 2.33. The van der Waals surface area contributed by atoms with Crippen molar-refractivity contribution in [1.82, 2.24) is 0 Å². The number of ether oxygens (including phenoxy) is 1. The molecule has 0 bridgehead atoms. The number of hydrogen-bond acceptors (Lipinski definition) is 3. The summed E-state index contributed by atoms with van der Waals surface area (Å²) in [5, 5.41) is 8.48. The second-order valence-electron chi connectivity index (χ2n) is 2.99. The van der Waals surface area contributed by atoms with Crippen LogP contribution < -0.4 is 0 Å². The second kappa shape index (κ2) is 4.41. The van der Waals surface area contributed by atoms with Gasteiger partial charge in [-0.3, -0.25) is 0 Å². The molecule has 0 aliphatic rings. The Morgan fingerprint density at radius 3 is 2.41 bits per heavy atom. The van der Waals surface area contributed by atoms with Crippen LogP contribution in [0.3, 0.4) is 0 Å². The summed E-state index contributed by atoms with van der Waals surface area (Å²) in [6, 6.07) is 2.26. The number of esters is 1. The van der Waals surface area contributed by atoms with E-state index in [0.29, 0.717) is 12.1 Å². The molecule has 0 unspecified atom stereocenters. The van der Waals surface area contributed by atoms with Crippen molar-refractivity contribution in [3.05, 3.63) is 34.6 Å². The van der Waals surface area contributed by atoms with Gasteiger partial charge >= 0.3 is 12.1 Å². The van der Waals surface area contributed by atoms with Gasteiger partial charge in [-0.1, -0.05) is 0 Å². The first kappa shape index (κ1) is 13.0. The number of rotatable bonds is 1. The second-order valence-corrected chi connectivity index (χ2v) is 2.99. The van der Waals surface area contributed by atoms with Gasteiger partial charge in [0, 0.05) is 0 Å². The average molecular weight is 247 g/mol. The predicted molar refractivity (Wildman–Crippen MR) is 47.5 cm³/mol. The Bertz CT molecular complexity index is 502. The van der Waals surface area contributed by atoms with Crippen LogP contribution in [0.1, 0.15) is 21.5 Å². The van der Waals surface area contributed by atoms with Gasteiger partial charge < -0.3 is 4.74 Å². The van der Waals surface area contributed by atoms with Crippen molar-refractivity contribution >= 4 is 5.97 Å². The zero-order valence-corrected chi connectivity index (χ0v) is 8.43. The molecule has 0 aliphatic heterocycles. The maximum atomic E-state index is 13.2. The lowest BCUT2D eigenvalue weighted by Gasteiger charge is -2.10. The van der Waals surface area contributed by atoms with Crippen molar-refractivity contribution in [1.29, 1.82) is 5.26 Å². The Morgan fingerprint density at radius 2 is 2.00 bits per heavy atom. The first-order valence-electron chi connectivity index (χ1n) is 4.20. The lowest BCUT2D eigenvalue weighted by atomic mass is 10.0. The fourth-order valence-electron chi connectivity index (χ4n) is 1.15. The number of benzene rings is 1. The maximum Gasteiger partial charge on any atom is 0.419 e. The highest BCUT2D eigenvalue weighted by Gasteiger charge is 2.36. The molecule has 17 heavy (non-hydrogen) atoms. The van der Waals surface area contributed by atoms with Crippen LogP contribution in [0.25, 0.3) is 0 Å². The molecule has 90 valence electrons. The zero-order valence-electron chi connectivity index (χ0n) is 8.43. The Labute approximate surface area is 93.2 Å². The molecule has 0 saturated heterocycles. The largest absolute Gasteiger partial charge is 0.465 e. The molecule has 1 aromatic carbocycles. The van der Waals surface area contributed by atoms with Crippen LogP contribution in [0.2, 0.25) is 0 Å². The van der Waals surface area contributed by atoms with Crippen LogP contribution in [0.5, 0.6) is 0 Å². The summed E-state index contributed by atoms with van der Waals surface area (Å²) in [5.74, 6) is -2.78. The van der Waals surface area contributed by atoms with Crippen molar-refractivity contribution < 1.29 is 27.1 Å². The van der Waals surface area contributed by atoms with Crippen LogP contribution in [0.4, 0.5) is 17.6 Å². The van der Waals surface area contributed by atoms with Crippen molar-refractivity contribution in [2.45, 2.75) is 6.18 Å². The van der Waals surface area contributed by atoms with Crippen LogP contribution in [0.15, 0.2) is 12.1 Å². The minimum atomic E-state index is -4.99. The van der Waals surface area contributed by atoms with Gasteiger partial charge in [-0.15, -0.1) is 0 Å². The van der Waals surface area contributed by atoms with E-state index in [9.17, 15) is 22.4 Å². The molecule has 0 radical (unpaired) electrons. The van der Waals surface area contributed by atoms with E-state index in [4.69, 9.17) is 5.26 Å². The SMILES string of the molecule is COC(=O)c1cc(C#N)c(F)c(C(F)(F)F)c1. The Hall–Kier alpha value is -2.10. The van der Waals surface area contributed by atoms with E-state index in [1.54, 1.807) is 0 Å². The molecule has 0 amide bonds. The molecular formula is C10H5F4NO2. The highest BCUT2D eigenvalue weighted by atomic mass is 19.4. The van der Waals surface area contributed by atoms with Gasteiger partial charge in [0.05, 0.1) is 23.8 Å². The number of alkyl halides is 3. The van der Waals surface area contributed by atoms with Crippen molar-refractivity contribution in [3.63, 3.8) is 0 Å². The minimum absolute atomic E-state index is 0.308. The summed E-state index contributed by atoms with van der Waals surface area (Å²) >= 11 is 0. The van der Waals surface area contributed by atoms with Gasteiger partial charge in [0.15, 0.2) is 5.82 Å². The van der Waals surface area contributed by atoms with E-state index in [0.717, 1.165) is 7.11 Å². The van der Waals surface area contributed by atoms with Crippen LogP contribution in [-0.4, -0.2) is 13.1 Å². The molecule has 3 nitrogen and oxygen atoms in total. The van der Waals surface area contributed by atoms with Crippen LogP contribution in [0, 0.1) is 17.1 Å². The fraction of sp³-hybridized carbons (Fsp3) is 0.200. The Kier molecular flexibility index (Phi) is 3.36. The molecule has 0 spiro atoms. The molecule has 0 aromatic heterocycles. The van der Waals surface area contributed by atoms with Gasteiger partial charge in [0.2, 0.25) is 0 Å². The van der Waals surface area contributed by atoms with E-state index >= 15 is 0 Å². The average Bonchev–Trinajstić information content (AvgIpc) is 2.26. The van der Waals surface area contributed by atoms with Gasteiger partial charge in [-0.05, 0) is 12.1 Å². The standard InChI is InChI=1S/C10H5F4NO2/c1-17-9(16)5-2-6(4-15)8(11)7(3-5)10(12,13)14/h2-3H,1H3. The van der Waals surface area contributed by atoms with Gasteiger partial charge in [-0.25, -0.2) is 9.18 Å². The molecule has 0 saturated carbocycles. The normalized spacial score (nSPS) is 10.8. The number of carbonyl (C=O) groups is 1. The van der Waals surface area contributed by atoms with Crippen molar-refractivity contribution in [3.8, 4) is 6.07 Å². The molecular weight excluding hydrogens is 242 g/mol. The molecule has 1 rings (SSSR count). The summed E-state index contributed by atoms with van der Waals surface area (Å²) < 4.78 is 54.7. The van der Waals surface area contributed by atoms with E-state index in [1.165, 1.54) is 6.07 Å². The minimum Gasteiger partial charge on any atom is -0.465 e. The van der Waals surface area contributed by atoms with E-state index in [2.05, 4.69) is 4.74 Å². The summed E-state index contributed by atoms with van der Waals surface area (Å²) in [6.45, 7) is 0. The van der Waals surface area contributed by atoms with Crippen LogP contribution in [-0.2, 0) is 10.9 Å². The third kappa shape index (κ3) is 2.53. The molecule has 0 atom stereocenters. The number of hydrogen-bond donors (Lipinski definition) is 0.